The number of para-hydroxylation sites is 1. The summed E-state index contributed by atoms with van der Waals surface area (Å²) < 4.78 is 5.44. The van der Waals surface area contributed by atoms with Crippen molar-refractivity contribution in [3.8, 4) is 5.75 Å². The molecular formula is C12H10Cl2O2. The molecule has 0 spiro atoms. The fourth-order valence-corrected chi connectivity index (χ4v) is 2.22. The summed E-state index contributed by atoms with van der Waals surface area (Å²) in [4.78, 5) is 10.9. The van der Waals surface area contributed by atoms with Gasteiger partial charge >= 0.3 is 0 Å². The van der Waals surface area contributed by atoms with E-state index >= 15 is 0 Å². The van der Waals surface area contributed by atoms with E-state index in [2.05, 4.69) is 6.58 Å². The molecule has 0 amide bonds. The van der Waals surface area contributed by atoms with Crippen LogP contribution in [0, 0.1) is 0 Å². The number of fused-ring (bicyclic) bond motifs is 1. The molecule has 0 N–H and O–H groups in total. The van der Waals surface area contributed by atoms with E-state index in [-0.39, 0.29) is 12.2 Å². The van der Waals surface area contributed by atoms with Gasteiger partial charge in [0.15, 0.2) is 16.2 Å². The third kappa shape index (κ3) is 1.62. The Balaban J connectivity index is 2.49. The maximum absolute atomic E-state index is 12.2. The first kappa shape index (κ1) is 11.5. The minimum atomic E-state index is -1.25. The average Bonchev–Trinajstić information content (AvgIpc) is 2.27. The van der Waals surface area contributed by atoms with E-state index < -0.39 is 10.4 Å². The number of carbonyl (C=O) groups excluding carboxylic acids is 1. The number of halogens is 2. The summed E-state index contributed by atoms with van der Waals surface area (Å²) in [7, 11) is 0. The number of hydrogen-bond acceptors (Lipinski definition) is 2. The van der Waals surface area contributed by atoms with Crippen molar-refractivity contribution in [2.45, 2.75) is 16.9 Å². The standard InChI is InChI=1S/C12H10Cl2O2/c1-2-7-12(14)10(15)8-5-3-4-6-9(8)16-11(12)13/h2-6,11H,1,7H2. The lowest BCUT2D eigenvalue weighted by molar-refractivity contribution is 0.0830. The molecule has 0 aliphatic carbocycles. The Hall–Kier alpha value is -0.990. The Kier molecular flexibility index (Phi) is 2.96. The molecule has 0 saturated carbocycles. The van der Waals surface area contributed by atoms with Gasteiger partial charge in [-0.05, 0) is 18.6 Å². The molecule has 2 rings (SSSR count). The second-order valence-corrected chi connectivity index (χ2v) is 4.69. The quantitative estimate of drug-likeness (QED) is 0.599. The molecule has 0 saturated heterocycles. The Morgan fingerprint density at radius 2 is 2.19 bits per heavy atom. The molecule has 0 bridgehead atoms. The molecule has 1 aromatic rings. The number of alkyl halides is 2. The zero-order chi connectivity index (χ0) is 11.8. The summed E-state index contributed by atoms with van der Waals surface area (Å²) >= 11 is 12.2. The van der Waals surface area contributed by atoms with E-state index in [9.17, 15) is 4.79 Å². The van der Waals surface area contributed by atoms with Gasteiger partial charge < -0.3 is 4.74 Å². The predicted octanol–water partition coefficient (Wildman–Crippen LogP) is 3.38. The Morgan fingerprint density at radius 3 is 2.88 bits per heavy atom. The normalized spacial score (nSPS) is 28.1. The molecule has 1 aliphatic rings. The van der Waals surface area contributed by atoms with Crippen LogP contribution >= 0.6 is 23.2 Å². The minimum Gasteiger partial charge on any atom is -0.472 e. The smallest absolute Gasteiger partial charge is 0.198 e. The van der Waals surface area contributed by atoms with Crippen molar-refractivity contribution < 1.29 is 9.53 Å². The first-order chi connectivity index (χ1) is 7.59. The van der Waals surface area contributed by atoms with Gasteiger partial charge in [-0.3, -0.25) is 4.79 Å². The van der Waals surface area contributed by atoms with Gasteiger partial charge in [0.25, 0.3) is 0 Å². The van der Waals surface area contributed by atoms with Gasteiger partial charge in [-0.15, -0.1) is 18.2 Å². The summed E-state index contributed by atoms with van der Waals surface area (Å²) in [5.41, 5.74) is -0.411. The van der Waals surface area contributed by atoms with E-state index in [1.54, 1.807) is 30.3 Å². The highest BCUT2D eigenvalue weighted by molar-refractivity contribution is 6.44. The first-order valence-electron chi connectivity index (χ1n) is 4.84. The fraction of sp³-hybridized carbons (Fsp3) is 0.250. The van der Waals surface area contributed by atoms with Crippen molar-refractivity contribution in [1.29, 1.82) is 0 Å². The molecule has 84 valence electrons. The number of benzene rings is 1. The van der Waals surface area contributed by atoms with E-state index in [4.69, 9.17) is 27.9 Å². The van der Waals surface area contributed by atoms with Crippen molar-refractivity contribution in [2.75, 3.05) is 0 Å². The summed E-state index contributed by atoms with van der Waals surface area (Å²) in [5.74, 6) is 0.267. The third-order valence-electron chi connectivity index (χ3n) is 2.54. The van der Waals surface area contributed by atoms with Crippen LogP contribution in [0.15, 0.2) is 36.9 Å². The van der Waals surface area contributed by atoms with Gasteiger partial charge in [-0.1, -0.05) is 29.8 Å². The first-order valence-corrected chi connectivity index (χ1v) is 5.65. The molecule has 2 atom stereocenters. The highest BCUT2D eigenvalue weighted by Gasteiger charge is 2.48. The van der Waals surface area contributed by atoms with Crippen molar-refractivity contribution in [2.24, 2.45) is 0 Å². The second-order valence-electron chi connectivity index (χ2n) is 3.61. The SMILES string of the molecule is C=CCC1(Cl)C(=O)c2ccccc2OC1Cl. The monoisotopic (exact) mass is 256 g/mol. The Bertz CT molecular complexity index is 444. The van der Waals surface area contributed by atoms with Crippen LogP contribution in [-0.2, 0) is 0 Å². The lowest BCUT2D eigenvalue weighted by atomic mass is 9.91. The van der Waals surface area contributed by atoms with Crippen LogP contribution in [0.3, 0.4) is 0 Å². The van der Waals surface area contributed by atoms with Crippen LogP contribution in [-0.4, -0.2) is 16.2 Å². The summed E-state index contributed by atoms with van der Waals surface area (Å²) in [6, 6.07) is 6.93. The van der Waals surface area contributed by atoms with Crippen LogP contribution in [0.25, 0.3) is 0 Å². The number of carbonyl (C=O) groups is 1. The summed E-state index contributed by atoms with van der Waals surface area (Å²) in [6.07, 6.45) is 1.84. The lowest BCUT2D eigenvalue weighted by Gasteiger charge is -2.34. The van der Waals surface area contributed by atoms with E-state index in [0.717, 1.165) is 0 Å². The number of Topliss-reactive ketones (excluding diaryl/α,β-unsaturated/α-hetero) is 1. The number of rotatable bonds is 2. The molecule has 0 aromatic heterocycles. The molecule has 0 fully saturated rings. The largest absolute Gasteiger partial charge is 0.472 e. The summed E-state index contributed by atoms with van der Waals surface area (Å²) in [6.45, 7) is 3.57. The van der Waals surface area contributed by atoms with Crippen LogP contribution in [0.1, 0.15) is 16.8 Å². The number of ether oxygens (including phenoxy) is 1. The maximum atomic E-state index is 12.2. The summed E-state index contributed by atoms with van der Waals surface area (Å²) in [5, 5.41) is 0. The zero-order valence-electron chi connectivity index (χ0n) is 8.45. The van der Waals surface area contributed by atoms with Gasteiger partial charge in [0.1, 0.15) is 5.75 Å². The zero-order valence-corrected chi connectivity index (χ0v) is 9.96. The minimum absolute atomic E-state index is 0.212. The van der Waals surface area contributed by atoms with Gasteiger partial charge in [-0.2, -0.15) is 0 Å². The molecule has 4 heteroatoms. The van der Waals surface area contributed by atoms with Gasteiger partial charge in [0, 0.05) is 0 Å². The maximum Gasteiger partial charge on any atom is 0.198 e. The van der Waals surface area contributed by atoms with Crippen LogP contribution in [0.5, 0.6) is 5.75 Å². The highest BCUT2D eigenvalue weighted by atomic mass is 35.5. The third-order valence-corrected chi connectivity index (χ3v) is 3.64. The molecule has 1 heterocycles. The van der Waals surface area contributed by atoms with E-state index in [1.165, 1.54) is 0 Å². The fourth-order valence-electron chi connectivity index (χ4n) is 1.68. The van der Waals surface area contributed by atoms with Crippen molar-refractivity contribution >= 4 is 29.0 Å². The molecule has 1 aromatic carbocycles. The molecule has 1 aliphatic heterocycles. The lowest BCUT2D eigenvalue weighted by Crippen LogP contribution is -2.47. The highest BCUT2D eigenvalue weighted by Crippen LogP contribution is 2.41. The van der Waals surface area contributed by atoms with Crippen LogP contribution in [0.2, 0.25) is 0 Å². The molecule has 0 radical (unpaired) electrons. The Labute approximate surface area is 104 Å². The molecule has 2 unspecified atom stereocenters. The molecule has 2 nitrogen and oxygen atoms in total. The van der Waals surface area contributed by atoms with Crippen LogP contribution < -0.4 is 4.74 Å². The van der Waals surface area contributed by atoms with E-state index in [0.29, 0.717) is 11.3 Å². The predicted molar refractivity (Wildman–Crippen MR) is 64.4 cm³/mol. The van der Waals surface area contributed by atoms with Crippen molar-refractivity contribution in [1.82, 2.24) is 0 Å². The number of ketones is 1. The molecular weight excluding hydrogens is 247 g/mol. The van der Waals surface area contributed by atoms with Gasteiger partial charge in [0.2, 0.25) is 0 Å². The van der Waals surface area contributed by atoms with Crippen molar-refractivity contribution in [3.05, 3.63) is 42.5 Å². The number of hydrogen-bond donors (Lipinski definition) is 0. The average molecular weight is 257 g/mol. The number of allylic oxidation sites excluding steroid dienone is 1. The van der Waals surface area contributed by atoms with E-state index in [1.807, 2.05) is 0 Å². The second kappa shape index (κ2) is 4.11. The van der Waals surface area contributed by atoms with Gasteiger partial charge in [-0.25, -0.2) is 0 Å². The Morgan fingerprint density at radius 1 is 1.50 bits per heavy atom. The molecule has 16 heavy (non-hydrogen) atoms. The van der Waals surface area contributed by atoms with Crippen LogP contribution in [0.4, 0.5) is 0 Å². The van der Waals surface area contributed by atoms with Gasteiger partial charge in [0.05, 0.1) is 5.56 Å². The topological polar surface area (TPSA) is 26.3 Å². The van der Waals surface area contributed by atoms with Crippen molar-refractivity contribution in [3.63, 3.8) is 0 Å².